The van der Waals surface area contributed by atoms with E-state index >= 15 is 0 Å². The first-order valence-corrected chi connectivity index (χ1v) is 9.10. The van der Waals surface area contributed by atoms with Crippen LogP contribution in [-0.4, -0.2) is 11.9 Å². The van der Waals surface area contributed by atoms with Gasteiger partial charge in [-0.2, -0.15) is 0 Å². The molecule has 3 aromatic carbocycles. The van der Waals surface area contributed by atoms with Crippen molar-refractivity contribution in [1.82, 2.24) is 0 Å². The molecule has 0 aliphatic heterocycles. The Kier molecular flexibility index (Phi) is 6.38. The first-order valence-electron chi connectivity index (χ1n) is 9.10. The molecular weight excluding hydrogens is 364 g/mol. The molecule has 0 saturated heterocycles. The van der Waals surface area contributed by atoms with Gasteiger partial charge in [0.15, 0.2) is 0 Å². The summed E-state index contributed by atoms with van der Waals surface area (Å²) in [6.07, 6.45) is 3.28. The Bertz CT molecular complexity index is 1050. The zero-order valence-electron chi connectivity index (χ0n) is 16.0. The number of carbonyl (C=O) groups is 2. The van der Waals surface area contributed by atoms with Gasteiger partial charge in [-0.15, -0.1) is 0 Å². The van der Waals surface area contributed by atoms with E-state index in [1.807, 2.05) is 18.2 Å². The summed E-state index contributed by atoms with van der Waals surface area (Å²) in [5.41, 5.74) is 2.01. The van der Waals surface area contributed by atoms with Crippen molar-refractivity contribution in [1.29, 1.82) is 0 Å². The molecule has 0 radical (unpaired) electrons. The Hall–Kier alpha value is -3.92. The molecule has 0 amide bonds. The van der Waals surface area contributed by atoms with E-state index in [1.165, 1.54) is 0 Å². The molecule has 29 heavy (non-hydrogen) atoms. The number of hydrogen-bond donors (Lipinski definition) is 0. The highest BCUT2D eigenvalue weighted by molar-refractivity contribution is 5.95. The van der Waals surface area contributed by atoms with Crippen molar-refractivity contribution >= 4 is 23.8 Å². The average Bonchev–Trinajstić information content (AvgIpc) is 2.78. The van der Waals surface area contributed by atoms with Gasteiger partial charge in [0.05, 0.1) is 16.7 Å². The molecular formula is C25H20O4. The van der Waals surface area contributed by atoms with Crippen LogP contribution in [0.4, 0.5) is 0 Å². The zero-order valence-corrected chi connectivity index (χ0v) is 16.0. The molecule has 4 nitrogen and oxygen atoms in total. The Labute approximate surface area is 169 Å². The minimum atomic E-state index is -0.502. The summed E-state index contributed by atoms with van der Waals surface area (Å²) in [7, 11) is 0. The standard InChI is InChI=1S/C25H20O4/c1-3-18-16-11-17-22(29-25(27)20-14-9-6-10-15-20)23(18)21(4-2)28-24(26)19-12-7-5-8-13-19/h3-17H,1H2,2H3/b21-4+. The SMILES string of the molecule is C=Cc1cccc(OC(=O)c2ccccc2)c1/C(=C\C)OC(=O)c1ccccc1. The largest absolute Gasteiger partial charge is 0.422 e. The molecule has 0 saturated carbocycles. The summed E-state index contributed by atoms with van der Waals surface area (Å²) >= 11 is 0. The van der Waals surface area contributed by atoms with E-state index < -0.39 is 11.9 Å². The Balaban J connectivity index is 1.95. The van der Waals surface area contributed by atoms with Crippen LogP contribution in [0.5, 0.6) is 5.75 Å². The lowest BCUT2D eigenvalue weighted by atomic mass is 10.0. The molecule has 3 aromatic rings. The number of rotatable bonds is 6. The average molecular weight is 384 g/mol. The predicted octanol–water partition coefficient (Wildman–Crippen LogP) is 5.77. The van der Waals surface area contributed by atoms with Crippen molar-refractivity contribution in [3.8, 4) is 5.75 Å². The summed E-state index contributed by atoms with van der Waals surface area (Å²) in [6.45, 7) is 5.56. The maximum Gasteiger partial charge on any atom is 0.343 e. The Morgan fingerprint density at radius 2 is 1.38 bits per heavy atom. The lowest BCUT2D eigenvalue weighted by Crippen LogP contribution is -2.11. The maximum atomic E-state index is 12.5. The van der Waals surface area contributed by atoms with Crippen LogP contribution in [-0.2, 0) is 4.74 Å². The second kappa shape index (κ2) is 9.33. The third-order valence-corrected chi connectivity index (χ3v) is 4.21. The second-order valence-corrected chi connectivity index (χ2v) is 6.09. The van der Waals surface area contributed by atoms with Crippen LogP contribution in [0.25, 0.3) is 11.8 Å². The second-order valence-electron chi connectivity index (χ2n) is 6.09. The molecule has 0 fully saturated rings. The number of carbonyl (C=O) groups excluding carboxylic acids is 2. The zero-order chi connectivity index (χ0) is 20.6. The number of hydrogen-bond acceptors (Lipinski definition) is 4. The van der Waals surface area contributed by atoms with Crippen molar-refractivity contribution in [2.24, 2.45) is 0 Å². The van der Waals surface area contributed by atoms with Crippen LogP contribution < -0.4 is 4.74 Å². The number of allylic oxidation sites excluding steroid dienone is 1. The van der Waals surface area contributed by atoms with Crippen LogP contribution in [0, 0.1) is 0 Å². The van der Waals surface area contributed by atoms with E-state index in [4.69, 9.17) is 9.47 Å². The van der Waals surface area contributed by atoms with Crippen LogP contribution in [0.1, 0.15) is 38.8 Å². The summed E-state index contributed by atoms with van der Waals surface area (Å²) in [5, 5.41) is 0. The summed E-state index contributed by atoms with van der Waals surface area (Å²) in [4.78, 5) is 25.1. The summed E-state index contributed by atoms with van der Waals surface area (Å²) in [6, 6.07) is 22.6. The van der Waals surface area contributed by atoms with Gasteiger partial charge >= 0.3 is 11.9 Å². The summed E-state index contributed by atoms with van der Waals surface area (Å²) in [5.74, 6) is -0.439. The lowest BCUT2D eigenvalue weighted by Gasteiger charge is -2.16. The van der Waals surface area contributed by atoms with E-state index in [2.05, 4.69) is 6.58 Å². The fraction of sp³-hybridized carbons (Fsp3) is 0.0400. The predicted molar refractivity (Wildman–Crippen MR) is 113 cm³/mol. The molecule has 3 rings (SSSR count). The summed E-state index contributed by atoms with van der Waals surface area (Å²) < 4.78 is 11.3. The molecule has 0 N–H and O–H groups in total. The van der Waals surface area contributed by atoms with E-state index in [9.17, 15) is 9.59 Å². The van der Waals surface area contributed by atoms with E-state index in [0.29, 0.717) is 22.3 Å². The molecule has 0 aromatic heterocycles. The highest BCUT2D eigenvalue weighted by Gasteiger charge is 2.20. The number of esters is 2. The van der Waals surface area contributed by atoms with E-state index in [0.717, 1.165) is 0 Å². The lowest BCUT2D eigenvalue weighted by molar-refractivity contribution is 0.0691. The van der Waals surface area contributed by atoms with Crippen molar-refractivity contribution in [2.75, 3.05) is 0 Å². The smallest absolute Gasteiger partial charge is 0.343 e. The van der Waals surface area contributed by atoms with Gasteiger partial charge < -0.3 is 9.47 Å². The van der Waals surface area contributed by atoms with Gasteiger partial charge in [0.2, 0.25) is 0 Å². The third-order valence-electron chi connectivity index (χ3n) is 4.21. The van der Waals surface area contributed by atoms with Crippen LogP contribution in [0.3, 0.4) is 0 Å². The first kappa shape index (κ1) is 19.8. The van der Waals surface area contributed by atoms with Crippen LogP contribution >= 0.6 is 0 Å². The van der Waals surface area contributed by atoms with Gasteiger partial charge in [0.25, 0.3) is 0 Å². The fourth-order valence-electron chi connectivity index (χ4n) is 2.79. The molecule has 0 spiro atoms. The topological polar surface area (TPSA) is 52.6 Å². The Morgan fingerprint density at radius 1 is 0.793 bits per heavy atom. The van der Waals surface area contributed by atoms with Gasteiger partial charge in [-0.3, -0.25) is 0 Å². The van der Waals surface area contributed by atoms with Crippen molar-refractivity contribution in [3.63, 3.8) is 0 Å². The minimum Gasteiger partial charge on any atom is -0.422 e. The highest BCUT2D eigenvalue weighted by Crippen LogP contribution is 2.32. The molecule has 0 atom stereocenters. The molecule has 0 heterocycles. The molecule has 0 bridgehead atoms. The van der Waals surface area contributed by atoms with Crippen molar-refractivity contribution < 1.29 is 19.1 Å². The normalized spacial score (nSPS) is 10.9. The minimum absolute atomic E-state index is 0.283. The van der Waals surface area contributed by atoms with Crippen LogP contribution in [0.15, 0.2) is 91.5 Å². The molecule has 0 aliphatic carbocycles. The maximum absolute atomic E-state index is 12.5. The van der Waals surface area contributed by atoms with Gasteiger partial charge in [0, 0.05) is 0 Å². The third kappa shape index (κ3) is 4.68. The highest BCUT2D eigenvalue weighted by atomic mass is 16.5. The molecule has 4 heteroatoms. The molecule has 144 valence electrons. The van der Waals surface area contributed by atoms with Crippen molar-refractivity contribution in [3.05, 3.63) is 114 Å². The van der Waals surface area contributed by atoms with Gasteiger partial charge in [0.1, 0.15) is 11.5 Å². The van der Waals surface area contributed by atoms with Gasteiger partial charge in [-0.05, 0) is 48.9 Å². The van der Waals surface area contributed by atoms with E-state index in [-0.39, 0.29) is 11.5 Å². The number of benzene rings is 3. The Morgan fingerprint density at radius 3 is 1.93 bits per heavy atom. The first-order chi connectivity index (χ1) is 14.1. The van der Waals surface area contributed by atoms with E-state index in [1.54, 1.807) is 79.7 Å². The molecule has 0 unspecified atom stereocenters. The van der Waals surface area contributed by atoms with Crippen LogP contribution in [0.2, 0.25) is 0 Å². The quantitative estimate of drug-likeness (QED) is 0.308. The van der Waals surface area contributed by atoms with Gasteiger partial charge in [-0.25, -0.2) is 9.59 Å². The fourth-order valence-corrected chi connectivity index (χ4v) is 2.79. The van der Waals surface area contributed by atoms with Gasteiger partial charge in [-0.1, -0.05) is 61.2 Å². The monoisotopic (exact) mass is 384 g/mol. The molecule has 0 aliphatic rings. The number of ether oxygens (including phenoxy) is 2. The van der Waals surface area contributed by atoms with Crippen molar-refractivity contribution in [2.45, 2.75) is 6.92 Å².